The molecule has 1 aromatic rings. The van der Waals surface area contributed by atoms with Crippen molar-refractivity contribution in [3.8, 4) is 0 Å². The Bertz CT molecular complexity index is 495. The van der Waals surface area contributed by atoms with E-state index in [0.29, 0.717) is 6.54 Å². The second-order valence-corrected chi connectivity index (χ2v) is 5.27. The van der Waals surface area contributed by atoms with Gasteiger partial charge in [0.25, 0.3) is 0 Å². The van der Waals surface area contributed by atoms with Crippen LogP contribution in [0, 0.1) is 0 Å². The molecule has 3 N–H and O–H groups in total. The molecule has 1 amide bonds. The summed E-state index contributed by atoms with van der Waals surface area (Å²) in [6.45, 7) is 2.80. The minimum atomic E-state index is -0.397. The first-order chi connectivity index (χ1) is 9.64. The molecule has 108 valence electrons. The predicted octanol–water partition coefficient (Wildman–Crippen LogP) is 1.70. The molecule has 20 heavy (non-hydrogen) atoms. The van der Waals surface area contributed by atoms with Crippen molar-refractivity contribution in [3.05, 3.63) is 35.9 Å². The number of carbonyl (C=O) groups excluding carboxylic acids is 1. The predicted molar refractivity (Wildman–Crippen MR) is 77.6 cm³/mol. The third kappa shape index (κ3) is 2.76. The molecular weight excluding hydrogens is 254 g/mol. The van der Waals surface area contributed by atoms with Gasteiger partial charge < -0.3 is 15.8 Å². The average Bonchev–Trinajstić information content (AvgIpc) is 3.28. The van der Waals surface area contributed by atoms with Crippen LogP contribution in [0.1, 0.15) is 31.7 Å². The highest BCUT2D eigenvalue weighted by Crippen LogP contribution is 2.49. The summed E-state index contributed by atoms with van der Waals surface area (Å²) < 4.78 is 0. The minimum absolute atomic E-state index is 0.0654. The standard InChI is InChI=1S/C15H21N3O2/c1-2-10-18(11-13(16)17-20)14(19)15(8-9-15)12-6-4-3-5-7-12/h3-7,20H,2,8-11H2,1H3,(H2,16,17). The maximum absolute atomic E-state index is 12.8. The van der Waals surface area contributed by atoms with Crippen LogP contribution in [0.25, 0.3) is 0 Å². The SMILES string of the molecule is CCCN(CC(N)=NO)C(=O)C1(c2ccccc2)CC1. The third-order valence-electron chi connectivity index (χ3n) is 3.75. The first-order valence-corrected chi connectivity index (χ1v) is 6.95. The average molecular weight is 275 g/mol. The molecule has 0 unspecified atom stereocenters. The van der Waals surface area contributed by atoms with Gasteiger partial charge in [0.15, 0.2) is 5.84 Å². The summed E-state index contributed by atoms with van der Waals surface area (Å²) in [5.74, 6) is 0.146. The molecule has 5 heteroatoms. The lowest BCUT2D eigenvalue weighted by molar-refractivity contribution is -0.133. The Morgan fingerprint density at radius 3 is 2.55 bits per heavy atom. The number of nitrogens with zero attached hydrogens (tertiary/aromatic N) is 2. The Labute approximate surface area is 119 Å². The highest BCUT2D eigenvalue weighted by Gasteiger charge is 2.52. The maximum Gasteiger partial charge on any atom is 0.233 e. The molecule has 1 fully saturated rings. The fourth-order valence-corrected chi connectivity index (χ4v) is 2.56. The molecule has 1 aromatic carbocycles. The summed E-state index contributed by atoms with van der Waals surface area (Å²) in [6, 6.07) is 9.86. The van der Waals surface area contributed by atoms with E-state index in [0.717, 1.165) is 24.8 Å². The van der Waals surface area contributed by atoms with Crippen molar-refractivity contribution >= 4 is 11.7 Å². The van der Waals surface area contributed by atoms with Crippen molar-refractivity contribution in [2.24, 2.45) is 10.9 Å². The van der Waals surface area contributed by atoms with Crippen LogP contribution >= 0.6 is 0 Å². The lowest BCUT2D eigenvalue weighted by Gasteiger charge is -2.27. The normalized spacial score (nSPS) is 16.8. The topological polar surface area (TPSA) is 78.9 Å². The van der Waals surface area contributed by atoms with Crippen LogP contribution < -0.4 is 5.73 Å². The summed E-state index contributed by atoms with van der Waals surface area (Å²) in [5, 5.41) is 11.7. The summed E-state index contributed by atoms with van der Waals surface area (Å²) >= 11 is 0. The molecular formula is C15H21N3O2. The van der Waals surface area contributed by atoms with E-state index < -0.39 is 5.41 Å². The number of rotatable bonds is 6. The Kier molecular flexibility index (Phi) is 4.27. The van der Waals surface area contributed by atoms with Crippen LogP contribution in [0.5, 0.6) is 0 Å². The van der Waals surface area contributed by atoms with Crippen molar-refractivity contribution in [2.45, 2.75) is 31.6 Å². The second kappa shape index (κ2) is 5.94. The molecule has 0 atom stereocenters. The molecule has 2 rings (SSSR count). The molecule has 0 aliphatic heterocycles. The molecule has 5 nitrogen and oxygen atoms in total. The monoisotopic (exact) mass is 275 g/mol. The van der Waals surface area contributed by atoms with E-state index >= 15 is 0 Å². The van der Waals surface area contributed by atoms with Gasteiger partial charge in [-0.1, -0.05) is 42.4 Å². The Balaban J connectivity index is 2.19. The van der Waals surface area contributed by atoms with E-state index in [4.69, 9.17) is 10.9 Å². The number of oxime groups is 1. The number of hydrogen-bond acceptors (Lipinski definition) is 3. The molecule has 1 aliphatic carbocycles. The molecule has 1 aliphatic rings. The molecule has 0 saturated heterocycles. The van der Waals surface area contributed by atoms with Crippen LogP contribution in [-0.2, 0) is 10.2 Å². The van der Waals surface area contributed by atoms with Crippen molar-refractivity contribution in [2.75, 3.05) is 13.1 Å². The van der Waals surface area contributed by atoms with Crippen molar-refractivity contribution in [3.63, 3.8) is 0 Å². The van der Waals surface area contributed by atoms with Crippen LogP contribution in [0.2, 0.25) is 0 Å². The second-order valence-electron chi connectivity index (χ2n) is 5.27. The fourth-order valence-electron chi connectivity index (χ4n) is 2.56. The van der Waals surface area contributed by atoms with Crippen molar-refractivity contribution in [1.29, 1.82) is 0 Å². The Morgan fingerprint density at radius 2 is 2.05 bits per heavy atom. The number of carbonyl (C=O) groups is 1. The van der Waals surface area contributed by atoms with Crippen molar-refractivity contribution in [1.82, 2.24) is 4.90 Å². The number of nitrogens with two attached hydrogens (primary N) is 1. The van der Waals surface area contributed by atoms with Gasteiger partial charge in [-0.15, -0.1) is 0 Å². The Morgan fingerprint density at radius 1 is 1.40 bits per heavy atom. The quantitative estimate of drug-likeness (QED) is 0.359. The number of amidine groups is 1. The summed E-state index contributed by atoms with van der Waals surface area (Å²) in [6.07, 6.45) is 2.58. The van der Waals surface area contributed by atoms with Gasteiger partial charge in [0.05, 0.1) is 12.0 Å². The number of benzene rings is 1. The first-order valence-electron chi connectivity index (χ1n) is 6.95. The molecule has 0 bridgehead atoms. The lowest BCUT2D eigenvalue weighted by atomic mass is 9.94. The molecule has 0 spiro atoms. The zero-order chi connectivity index (χ0) is 14.6. The molecule has 0 aromatic heterocycles. The van der Waals surface area contributed by atoms with Crippen molar-refractivity contribution < 1.29 is 10.0 Å². The minimum Gasteiger partial charge on any atom is -0.409 e. The summed E-state index contributed by atoms with van der Waals surface area (Å²) in [4.78, 5) is 14.5. The maximum atomic E-state index is 12.8. The van der Waals surface area contributed by atoms with Gasteiger partial charge in [-0.05, 0) is 24.8 Å². The molecule has 1 saturated carbocycles. The van der Waals surface area contributed by atoms with E-state index in [-0.39, 0.29) is 18.3 Å². The highest BCUT2D eigenvalue weighted by atomic mass is 16.4. The van der Waals surface area contributed by atoms with E-state index in [2.05, 4.69) is 5.16 Å². The van der Waals surface area contributed by atoms with E-state index in [1.165, 1.54) is 0 Å². The first kappa shape index (κ1) is 14.4. The third-order valence-corrected chi connectivity index (χ3v) is 3.75. The molecule has 0 radical (unpaired) electrons. The fraction of sp³-hybridized carbons (Fsp3) is 0.467. The van der Waals surface area contributed by atoms with Gasteiger partial charge in [-0.2, -0.15) is 0 Å². The highest BCUT2D eigenvalue weighted by molar-refractivity contribution is 5.94. The van der Waals surface area contributed by atoms with Gasteiger partial charge in [-0.25, -0.2) is 0 Å². The smallest absolute Gasteiger partial charge is 0.233 e. The molecule has 0 heterocycles. The lowest BCUT2D eigenvalue weighted by Crippen LogP contribution is -2.44. The zero-order valence-electron chi connectivity index (χ0n) is 11.7. The van der Waals surface area contributed by atoms with Gasteiger partial charge >= 0.3 is 0 Å². The van der Waals surface area contributed by atoms with E-state index in [1.54, 1.807) is 4.90 Å². The zero-order valence-corrected chi connectivity index (χ0v) is 11.7. The van der Waals surface area contributed by atoms with Crippen LogP contribution in [0.3, 0.4) is 0 Å². The van der Waals surface area contributed by atoms with Gasteiger partial charge in [0.2, 0.25) is 5.91 Å². The van der Waals surface area contributed by atoms with Crippen LogP contribution in [-0.4, -0.2) is 34.9 Å². The number of amides is 1. The Hall–Kier alpha value is -2.04. The largest absolute Gasteiger partial charge is 0.409 e. The van der Waals surface area contributed by atoms with Crippen LogP contribution in [0.4, 0.5) is 0 Å². The van der Waals surface area contributed by atoms with E-state index in [9.17, 15) is 4.79 Å². The van der Waals surface area contributed by atoms with Gasteiger partial charge in [0.1, 0.15) is 0 Å². The summed E-state index contributed by atoms with van der Waals surface area (Å²) in [7, 11) is 0. The summed E-state index contributed by atoms with van der Waals surface area (Å²) in [5.41, 5.74) is 6.21. The van der Waals surface area contributed by atoms with Crippen LogP contribution in [0.15, 0.2) is 35.5 Å². The van der Waals surface area contributed by atoms with Gasteiger partial charge in [0, 0.05) is 6.54 Å². The van der Waals surface area contributed by atoms with Gasteiger partial charge in [-0.3, -0.25) is 4.79 Å². The number of hydrogen-bond donors (Lipinski definition) is 2. The van der Waals surface area contributed by atoms with E-state index in [1.807, 2.05) is 37.3 Å².